The first-order valence-corrected chi connectivity index (χ1v) is 6.98. The number of anilines is 1. The lowest BCUT2D eigenvalue weighted by molar-refractivity contribution is -0.117. The summed E-state index contributed by atoms with van der Waals surface area (Å²) in [5, 5.41) is 0.571. The SMILES string of the molecule is COC(=O)c1sc(N2CC(CS)CC2=O)nc1C. The van der Waals surface area contributed by atoms with E-state index < -0.39 is 5.97 Å². The van der Waals surface area contributed by atoms with Crippen LogP contribution in [0.2, 0.25) is 0 Å². The third kappa shape index (κ3) is 2.37. The van der Waals surface area contributed by atoms with Gasteiger partial charge in [-0.05, 0) is 18.6 Å². The Balaban J connectivity index is 2.25. The van der Waals surface area contributed by atoms with Crippen LogP contribution < -0.4 is 4.90 Å². The molecule has 1 aliphatic rings. The molecule has 1 amide bonds. The van der Waals surface area contributed by atoms with Gasteiger partial charge in [0.05, 0.1) is 12.8 Å². The van der Waals surface area contributed by atoms with Crippen molar-refractivity contribution in [2.45, 2.75) is 13.3 Å². The third-order valence-corrected chi connectivity index (χ3v) is 4.53. The van der Waals surface area contributed by atoms with E-state index in [4.69, 9.17) is 0 Å². The number of nitrogens with zero attached hydrogens (tertiary/aromatic N) is 2. The summed E-state index contributed by atoms with van der Waals surface area (Å²) in [6.07, 6.45) is 0.496. The van der Waals surface area contributed by atoms with Crippen molar-refractivity contribution in [3.05, 3.63) is 10.6 Å². The van der Waals surface area contributed by atoms with E-state index >= 15 is 0 Å². The van der Waals surface area contributed by atoms with E-state index in [9.17, 15) is 9.59 Å². The van der Waals surface area contributed by atoms with Crippen molar-refractivity contribution in [3.8, 4) is 0 Å². The number of thiol groups is 1. The number of aromatic nitrogens is 1. The lowest BCUT2D eigenvalue weighted by Gasteiger charge is -2.11. The first-order chi connectivity index (χ1) is 8.56. The lowest BCUT2D eigenvalue weighted by atomic mass is 10.1. The van der Waals surface area contributed by atoms with Crippen molar-refractivity contribution in [3.63, 3.8) is 0 Å². The van der Waals surface area contributed by atoms with Crippen LogP contribution >= 0.6 is 24.0 Å². The highest BCUT2D eigenvalue weighted by molar-refractivity contribution is 7.80. The minimum atomic E-state index is -0.409. The zero-order chi connectivity index (χ0) is 13.3. The fraction of sp³-hybridized carbons (Fsp3) is 0.545. The van der Waals surface area contributed by atoms with Crippen LogP contribution in [0.3, 0.4) is 0 Å². The van der Waals surface area contributed by atoms with Gasteiger partial charge in [0.25, 0.3) is 0 Å². The van der Waals surface area contributed by atoms with Gasteiger partial charge in [0.1, 0.15) is 4.88 Å². The number of esters is 1. The van der Waals surface area contributed by atoms with E-state index in [0.29, 0.717) is 34.4 Å². The minimum Gasteiger partial charge on any atom is -0.465 e. The molecule has 1 atom stereocenters. The summed E-state index contributed by atoms with van der Waals surface area (Å²) in [4.78, 5) is 29.7. The smallest absolute Gasteiger partial charge is 0.350 e. The van der Waals surface area contributed by atoms with Crippen molar-refractivity contribution >= 4 is 41.0 Å². The molecule has 5 nitrogen and oxygen atoms in total. The number of rotatable bonds is 3. The largest absolute Gasteiger partial charge is 0.465 e. The fourth-order valence-corrected chi connectivity index (χ4v) is 3.12. The molecule has 0 N–H and O–H groups in total. The summed E-state index contributed by atoms with van der Waals surface area (Å²) in [6.45, 7) is 2.36. The highest BCUT2D eigenvalue weighted by Gasteiger charge is 2.32. The van der Waals surface area contributed by atoms with Crippen LogP contribution in [0, 0.1) is 12.8 Å². The molecule has 0 aliphatic carbocycles. The van der Waals surface area contributed by atoms with Crippen molar-refractivity contribution in [2.75, 3.05) is 24.3 Å². The molecule has 2 heterocycles. The van der Waals surface area contributed by atoms with E-state index in [0.717, 1.165) is 0 Å². The Morgan fingerprint density at radius 2 is 2.39 bits per heavy atom. The van der Waals surface area contributed by atoms with Crippen molar-refractivity contribution in [1.82, 2.24) is 4.98 Å². The van der Waals surface area contributed by atoms with E-state index in [1.165, 1.54) is 18.4 Å². The summed E-state index contributed by atoms with van der Waals surface area (Å²) in [7, 11) is 1.33. The summed E-state index contributed by atoms with van der Waals surface area (Å²) in [6, 6.07) is 0. The molecule has 1 saturated heterocycles. The molecule has 98 valence electrons. The maximum absolute atomic E-state index is 11.8. The summed E-state index contributed by atoms with van der Waals surface area (Å²) in [5.41, 5.74) is 0.601. The van der Waals surface area contributed by atoms with Crippen LogP contribution in [0.4, 0.5) is 5.13 Å². The Kier molecular flexibility index (Phi) is 3.91. The molecule has 1 aromatic rings. The number of hydrogen-bond acceptors (Lipinski definition) is 6. The molecule has 0 saturated carbocycles. The molecule has 7 heteroatoms. The molecule has 0 spiro atoms. The van der Waals surface area contributed by atoms with Crippen LogP contribution in [0.25, 0.3) is 0 Å². The second kappa shape index (κ2) is 5.27. The maximum Gasteiger partial charge on any atom is 0.350 e. The van der Waals surface area contributed by atoms with Crippen molar-refractivity contribution in [2.24, 2.45) is 5.92 Å². The second-order valence-electron chi connectivity index (χ2n) is 4.16. The van der Waals surface area contributed by atoms with E-state index in [1.807, 2.05) is 0 Å². The molecule has 1 aliphatic heterocycles. The Morgan fingerprint density at radius 3 is 2.94 bits per heavy atom. The maximum atomic E-state index is 11.8. The minimum absolute atomic E-state index is 0.0409. The summed E-state index contributed by atoms with van der Waals surface area (Å²) >= 11 is 5.41. The highest BCUT2D eigenvalue weighted by Crippen LogP contribution is 2.31. The number of thiazole rings is 1. The molecular formula is C11H14N2O3S2. The van der Waals surface area contributed by atoms with Crippen LogP contribution in [-0.4, -0.2) is 36.3 Å². The number of carbonyl (C=O) groups excluding carboxylic acids is 2. The number of aryl methyl sites for hydroxylation is 1. The van der Waals surface area contributed by atoms with Gasteiger partial charge in [-0.15, -0.1) is 0 Å². The molecule has 1 fully saturated rings. The number of carbonyl (C=O) groups is 2. The molecule has 18 heavy (non-hydrogen) atoms. The van der Waals surface area contributed by atoms with Gasteiger partial charge in [-0.2, -0.15) is 12.6 Å². The van der Waals surface area contributed by atoms with Crippen LogP contribution in [0.5, 0.6) is 0 Å². The summed E-state index contributed by atoms with van der Waals surface area (Å²) in [5.74, 6) is 0.565. The number of methoxy groups -OCH3 is 1. The predicted molar refractivity (Wildman–Crippen MR) is 72.5 cm³/mol. The Morgan fingerprint density at radius 1 is 1.67 bits per heavy atom. The van der Waals surface area contributed by atoms with Crippen molar-refractivity contribution < 1.29 is 14.3 Å². The molecular weight excluding hydrogens is 272 g/mol. The first kappa shape index (κ1) is 13.4. The third-order valence-electron chi connectivity index (χ3n) is 2.85. The number of amides is 1. The molecule has 1 unspecified atom stereocenters. The molecule has 1 aromatic heterocycles. The Labute approximate surface area is 115 Å². The Hall–Kier alpha value is -1.08. The summed E-state index contributed by atoms with van der Waals surface area (Å²) < 4.78 is 4.68. The predicted octanol–water partition coefficient (Wildman–Crippen LogP) is 1.52. The zero-order valence-corrected chi connectivity index (χ0v) is 11.9. The fourth-order valence-electron chi connectivity index (χ4n) is 1.87. The van der Waals surface area contributed by atoms with Crippen LogP contribution in [0.15, 0.2) is 0 Å². The monoisotopic (exact) mass is 286 g/mol. The van der Waals surface area contributed by atoms with Gasteiger partial charge < -0.3 is 4.74 Å². The molecule has 0 aromatic carbocycles. The quantitative estimate of drug-likeness (QED) is 0.676. The average molecular weight is 286 g/mol. The highest BCUT2D eigenvalue weighted by atomic mass is 32.1. The molecule has 0 radical (unpaired) electrons. The van der Waals surface area contributed by atoms with Gasteiger partial charge >= 0.3 is 5.97 Å². The normalized spacial score (nSPS) is 19.4. The van der Waals surface area contributed by atoms with Gasteiger partial charge in [-0.3, -0.25) is 9.69 Å². The van der Waals surface area contributed by atoms with Gasteiger partial charge in [-0.25, -0.2) is 9.78 Å². The lowest BCUT2D eigenvalue weighted by Crippen LogP contribution is -2.24. The number of ether oxygens (including phenoxy) is 1. The first-order valence-electron chi connectivity index (χ1n) is 5.53. The standard InChI is InChI=1S/C11H14N2O3S2/c1-6-9(10(15)16-2)18-11(12-6)13-4-7(5-17)3-8(13)14/h7,17H,3-5H2,1-2H3. The van der Waals surface area contributed by atoms with Gasteiger partial charge in [0.15, 0.2) is 5.13 Å². The van der Waals surface area contributed by atoms with E-state index in [-0.39, 0.29) is 11.8 Å². The zero-order valence-electron chi connectivity index (χ0n) is 10.2. The van der Waals surface area contributed by atoms with Crippen LogP contribution in [-0.2, 0) is 9.53 Å². The van der Waals surface area contributed by atoms with E-state index in [1.54, 1.807) is 11.8 Å². The number of hydrogen-bond donors (Lipinski definition) is 1. The Bertz CT molecular complexity index is 487. The van der Waals surface area contributed by atoms with Crippen molar-refractivity contribution in [1.29, 1.82) is 0 Å². The average Bonchev–Trinajstić information content (AvgIpc) is 2.91. The van der Waals surface area contributed by atoms with Gasteiger partial charge in [0, 0.05) is 13.0 Å². The van der Waals surface area contributed by atoms with E-state index in [2.05, 4.69) is 22.3 Å². The molecule has 0 bridgehead atoms. The van der Waals surface area contributed by atoms with Gasteiger partial charge in [0.2, 0.25) is 5.91 Å². The second-order valence-corrected chi connectivity index (χ2v) is 5.50. The van der Waals surface area contributed by atoms with Crippen LogP contribution in [0.1, 0.15) is 21.8 Å². The van der Waals surface area contributed by atoms with Gasteiger partial charge in [-0.1, -0.05) is 11.3 Å². The topological polar surface area (TPSA) is 59.5 Å². The molecule has 2 rings (SSSR count).